The van der Waals surface area contributed by atoms with Crippen molar-refractivity contribution in [2.75, 3.05) is 34.2 Å². The molecule has 0 saturated carbocycles. The van der Waals surface area contributed by atoms with Gasteiger partial charge in [0.05, 0.1) is 25.5 Å². The number of nitrogens with one attached hydrogen (secondary N) is 2. The topological polar surface area (TPSA) is 70.9 Å². The molecule has 0 saturated heterocycles. The Bertz CT molecular complexity index is 1110. The molecule has 0 aliphatic carbocycles. The van der Waals surface area contributed by atoms with Gasteiger partial charge in [0, 0.05) is 7.05 Å². The molecule has 30 heavy (non-hydrogen) atoms. The number of hydrogen-bond acceptors (Lipinski definition) is 3. The van der Waals surface area contributed by atoms with Crippen molar-refractivity contribution >= 4 is 26.7 Å². The number of carbonyl (C=O) groups excluding carboxylic acids is 1. The Balaban J connectivity index is 1.74. The number of amides is 1. The van der Waals surface area contributed by atoms with Crippen molar-refractivity contribution < 1.29 is 18.1 Å². The Morgan fingerprint density at radius 2 is 1.60 bits per heavy atom. The lowest BCUT2D eigenvalue weighted by Crippen LogP contribution is -3.06. The van der Waals surface area contributed by atoms with E-state index >= 15 is 0 Å². The van der Waals surface area contributed by atoms with Crippen LogP contribution in [-0.4, -0.2) is 52.9 Å². The van der Waals surface area contributed by atoms with Crippen LogP contribution >= 0.6 is 0 Å². The lowest BCUT2D eigenvalue weighted by atomic mass is 10.1. The van der Waals surface area contributed by atoms with Gasteiger partial charge in [-0.25, -0.2) is 8.42 Å². The van der Waals surface area contributed by atoms with E-state index in [0.29, 0.717) is 6.54 Å². The molecule has 0 aromatic heterocycles. The van der Waals surface area contributed by atoms with E-state index in [0.717, 1.165) is 20.6 Å². The van der Waals surface area contributed by atoms with E-state index in [9.17, 15) is 13.2 Å². The van der Waals surface area contributed by atoms with E-state index in [2.05, 4.69) is 5.32 Å². The van der Waals surface area contributed by atoms with Crippen LogP contribution < -0.4 is 10.2 Å². The summed E-state index contributed by atoms with van der Waals surface area (Å²) in [7, 11) is 1.67. The fourth-order valence-electron chi connectivity index (χ4n) is 3.38. The van der Waals surface area contributed by atoms with E-state index in [-0.39, 0.29) is 23.4 Å². The number of carbonyl (C=O) groups is 1. The highest BCUT2D eigenvalue weighted by atomic mass is 32.2. The monoisotopic (exact) mass is 426 g/mol. The molecule has 0 aliphatic rings. The highest BCUT2D eigenvalue weighted by Gasteiger charge is 2.25. The van der Waals surface area contributed by atoms with E-state index in [4.69, 9.17) is 0 Å². The van der Waals surface area contributed by atoms with Gasteiger partial charge in [-0.05, 0) is 28.5 Å². The Morgan fingerprint density at radius 1 is 0.967 bits per heavy atom. The molecule has 158 valence electrons. The van der Waals surface area contributed by atoms with Crippen LogP contribution in [0.5, 0.6) is 0 Å². The minimum Gasteiger partial charge on any atom is -0.343 e. The fourth-order valence-corrected chi connectivity index (χ4v) is 4.54. The Hall–Kier alpha value is -2.74. The van der Waals surface area contributed by atoms with Crippen LogP contribution in [0.15, 0.2) is 77.7 Å². The van der Waals surface area contributed by atoms with E-state index in [1.54, 1.807) is 18.2 Å². The fraction of sp³-hybridized carbons (Fsp3) is 0.261. The summed E-state index contributed by atoms with van der Waals surface area (Å²) in [6.07, 6.45) is 0. The van der Waals surface area contributed by atoms with Crippen LogP contribution in [0.1, 0.15) is 11.6 Å². The van der Waals surface area contributed by atoms with Gasteiger partial charge in [0.1, 0.15) is 12.6 Å². The molecule has 0 unspecified atom stereocenters. The molecule has 0 heterocycles. The molecule has 0 radical (unpaired) electrons. The molecule has 1 amide bonds. The van der Waals surface area contributed by atoms with Crippen molar-refractivity contribution in [2.24, 2.45) is 0 Å². The molecule has 0 bridgehead atoms. The zero-order chi connectivity index (χ0) is 21.7. The third-order valence-corrected chi connectivity index (χ3v) is 6.74. The largest absolute Gasteiger partial charge is 0.343 e. The number of fused-ring (bicyclic) bond motifs is 1. The van der Waals surface area contributed by atoms with Gasteiger partial charge in [0.15, 0.2) is 0 Å². The van der Waals surface area contributed by atoms with Crippen LogP contribution in [0.25, 0.3) is 10.8 Å². The molecule has 0 aliphatic heterocycles. The standard InChI is InChI=1S/C23H27N3O3S/c1-25(2)16-22(19-10-5-4-6-11-19)24-23(27)17-26(3)30(28,29)21-14-13-18-9-7-8-12-20(18)15-21/h4-15,22H,16-17H2,1-3H3,(H,24,27)/p+1/t22-/m1/s1. The normalized spacial score (nSPS) is 13.0. The summed E-state index contributed by atoms with van der Waals surface area (Å²) in [5, 5.41) is 4.79. The molecule has 7 heteroatoms. The van der Waals surface area contributed by atoms with Crippen molar-refractivity contribution in [1.29, 1.82) is 0 Å². The predicted octanol–water partition coefficient (Wildman–Crippen LogP) is 1.46. The van der Waals surface area contributed by atoms with Crippen molar-refractivity contribution in [1.82, 2.24) is 9.62 Å². The molecule has 2 N–H and O–H groups in total. The first-order chi connectivity index (χ1) is 14.3. The Morgan fingerprint density at radius 3 is 2.27 bits per heavy atom. The van der Waals surface area contributed by atoms with Gasteiger partial charge >= 0.3 is 0 Å². The average molecular weight is 427 g/mol. The number of sulfonamides is 1. The maximum Gasteiger partial charge on any atom is 0.243 e. The molecular formula is C23H28N3O3S+. The van der Waals surface area contributed by atoms with Crippen LogP contribution in [0.2, 0.25) is 0 Å². The number of quaternary nitrogens is 1. The van der Waals surface area contributed by atoms with Crippen molar-refractivity contribution in [2.45, 2.75) is 10.9 Å². The first-order valence-electron chi connectivity index (χ1n) is 9.86. The summed E-state index contributed by atoms with van der Waals surface area (Å²) in [4.78, 5) is 14.0. The summed E-state index contributed by atoms with van der Waals surface area (Å²) in [5.41, 5.74) is 0.993. The summed E-state index contributed by atoms with van der Waals surface area (Å²) in [5.74, 6) is -0.336. The van der Waals surface area contributed by atoms with Gasteiger partial charge in [0.2, 0.25) is 15.9 Å². The quantitative estimate of drug-likeness (QED) is 0.573. The van der Waals surface area contributed by atoms with Crippen LogP contribution in [0.4, 0.5) is 0 Å². The van der Waals surface area contributed by atoms with Gasteiger partial charge in [-0.15, -0.1) is 0 Å². The number of nitrogens with zero attached hydrogens (tertiary/aromatic N) is 1. The molecule has 3 aromatic carbocycles. The minimum atomic E-state index is -3.78. The SMILES string of the molecule is CN(CC(=O)N[C@H](C[NH+](C)C)c1ccccc1)S(=O)(=O)c1ccc2ccccc2c1. The molecule has 3 rings (SSSR count). The van der Waals surface area contributed by atoms with Crippen molar-refractivity contribution in [3.05, 3.63) is 78.4 Å². The van der Waals surface area contributed by atoms with Gasteiger partial charge in [-0.3, -0.25) is 4.79 Å². The first kappa shape index (κ1) is 22.0. The third kappa shape index (κ3) is 5.24. The second kappa shape index (κ2) is 9.38. The molecular weight excluding hydrogens is 398 g/mol. The molecule has 0 fully saturated rings. The lowest BCUT2D eigenvalue weighted by molar-refractivity contribution is -0.860. The molecule has 0 spiro atoms. The van der Waals surface area contributed by atoms with Crippen LogP contribution in [0.3, 0.4) is 0 Å². The number of likely N-dealkylation sites (N-methyl/N-ethyl adjacent to an activating group) is 2. The van der Waals surface area contributed by atoms with Gasteiger partial charge < -0.3 is 10.2 Å². The van der Waals surface area contributed by atoms with Gasteiger partial charge in [-0.1, -0.05) is 60.7 Å². The molecule has 1 atom stereocenters. The van der Waals surface area contributed by atoms with Crippen LogP contribution in [-0.2, 0) is 14.8 Å². The minimum absolute atomic E-state index is 0.175. The van der Waals surface area contributed by atoms with E-state index in [1.165, 1.54) is 11.9 Å². The summed E-state index contributed by atoms with van der Waals surface area (Å²) in [6.45, 7) is 0.443. The number of hydrogen-bond donors (Lipinski definition) is 2. The number of rotatable bonds is 8. The Kier molecular flexibility index (Phi) is 6.87. The summed E-state index contributed by atoms with van der Waals surface area (Å²) in [6, 6.07) is 22.1. The van der Waals surface area contributed by atoms with Crippen LogP contribution in [0, 0.1) is 0 Å². The average Bonchev–Trinajstić information content (AvgIpc) is 2.73. The Labute approximate surface area is 178 Å². The lowest BCUT2D eigenvalue weighted by Gasteiger charge is -2.23. The summed E-state index contributed by atoms with van der Waals surface area (Å²) < 4.78 is 27.1. The second-order valence-corrected chi connectivity index (χ2v) is 9.76. The molecule has 3 aromatic rings. The number of benzene rings is 3. The third-order valence-electron chi connectivity index (χ3n) is 4.94. The molecule has 6 nitrogen and oxygen atoms in total. The second-order valence-electron chi connectivity index (χ2n) is 7.71. The smallest absolute Gasteiger partial charge is 0.243 e. The summed E-state index contributed by atoms with van der Waals surface area (Å²) >= 11 is 0. The predicted molar refractivity (Wildman–Crippen MR) is 119 cm³/mol. The van der Waals surface area contributed by atoms with Gasteiger partial charge in [-0.2, -0.15) is 4.31 Å². The highest BCUT2D eigenvalue weighted by Crippen LogP contribution is 2.21. The first-order valence-corrected chi connectivity index (χ1v) is 11.3. The maximum absolute atomic E-state index is 13.0. The van der Waals surface area contributed by atoms with E-state index in [1.807, 2.05) is 68.7 Å². The highest BCUT2D eigenvalue weighted by molar-refractivity contribution is 7.89. The van der Waals surface area contributed by atoms with Crippen molar-refractivity contribution in [3.8, 4) is 0 Å². The zero-order valence-corrected chi connectivity index (χ0v) is 18.3. The zero-order valence-electron chi connectivity index (χ0n) is 17.5. The maximum atomic E-state index is 13.0. The van der Waals surface area contributed by atoms with E-state index < -0.39 is 10.0 Å². The van der Waals surface area contributed by atoms with Crippen molar-refractivity contribution in [3.63, 3.8) is 0 Å². The van der Waals surface area contributed by atoms with Gasteiger partial charge in [0.25, 0.3) is 0 Å².